The van der Waals surface area contributed by atoms with E-state index in [0.717, 1.165) is 11.1 Å². The average Bonchev–Trinajstić information content (AvgIpc) is 3.16. The lowest BCUT2D eigenvalue weighted by molar-refractivity contribution is 0.0695. The number of carboxylic acids is 1. The Bertz CT molecular complexity index is 1420. The van der Waals surface area contributed by atoms with Gasteiger partial charge in [-0.05, 0) is 72.5 Å². The number of nitrogens with one attached hydrogen (secondary N) is 1. The van der Waals surface area contributed by atoms with Gasteiger partial charge in [0.1, 0.15) is 5.52 Å². The van der Waals surface area contributed by atoms with Gasteiger partial charge >= 0.3 is 5.97 Å². The maximum atomic E-state index is 12.8. The highest BCUT2D eigenvalue weighted by atomic mass is 32.2. The first-order valence-electron chi connectivity index (χ1n) is 10.0. The van der Waals surface area contributed by atoms with Crippen molar-refractivity contribution in [1.82, 2.24) is 4.98 Å². The Kier molecular flexibility index (Phi) is 5.48. The SMILES string of the molecule is Cc1ccc2oc(-c3ccc(NS(=O)(=O)c4ccc(C(C)C)c(C(=O)O)c4)cc3)nc2c1. The minimum Gasteiger partial charge on any atom is -0.478 e. The van der Waals surface area contributed by atoms with Crippen molar-refractivity contribution in [2.45, 2.75) is 31.6 Å². The maximum Gasteiger partial charge on any atom is 0.336 e. The summed E-state index contributed by atoms with van der Waals surface area (Å²) in [7, 11) is -3.97. The normalized spacial score (nSPS) is 11.8. The molecule has 1 aromatic heterocycles. The molecule has 164 valence electrons. The third-order valence-corrected chi connectivity index (χ3v) is 6.49. The summed E-state index contributed by atoms with van der Waals surface area (Å²) in [5.41, 5.74) is 4.11. The molecule has 0 spiro atoms. The minimum atomic E-state index is -3.97. The first-order chi connectivity index (χ1) is 15.1. The largest absolute Gasteiger partial charge is 0.478 e. The molecule has 4 rings (SSSR count). The van der Waals surface area contributed by atoms with Gasteiger partial charge in [0.05, 0.1) is 10.5 Å². The van der Waals surface area contributed by atoms with Crippen LogP contribution in [0.2, 0.25) is 0 Å². The summed E-state index contributed by atoms with van der Waals surface area (Å²) < 4.78 is 33.9. The highest BCUT2D eigenvalue weighted by molar-refractivity contribution is 7.92. The van der Waals surface area contributed by atoms with Gasteiger partial charge in [0, 0.05) is 11.3 Å². The second kappa shape index (κ2) is 8.12. The summed E-state index contributed by atoms with van der Waals surface area (Å²) in [6, 6.07) is 16.5. The van der Waals surface area contributed by atoms with Crippen LogP contribution in [0, 0.1) is 6.92 Å². The Morgan fingerprint density at radius 1 is 1.03 bits per heavy atom. The van der Waals surface area contributed by atoms with Gasteiger partial charge in [-0.15, -0.1) is 0 Å². The zero-order chi connectivity index (χ0) is 23.0. The number of hydrogen-bond acceptors (Lipinski definition) is 5. The number of carboxylic acid groups (broad SMARTS) is 1. The van der Waals surface area contributed by atoms with Crippen molar-refractivity contribution in [3.05, 3.63) is 77.4 Å². The van der Waals surface area contributed by atoms with Gasteiger partial charge < -0.3 is 9.52 Å². The summed E-state index contributed by atoms with van der Waals surface area (Å²) in [6.45, 7) is 5.69. The molecule has 0 unspecified atom stereocenters. The highest BCUT2D eigenvalue weighted by Crippen LogP contribution is 2.28. The average molecular weight is 451 g/mol. The second-order valence-corrected chi connectivity index (χ2v) is 9.56. The molecule has 0 saturated carbocycles. The fourth-order valence-corrected chi connectivity index (χ4v) is 4.53. The number of anilines is 1. The number of rotatable bonds is 6. The molecule has 32 heavy (non-hydrogen) atoms. The Hall–Kier alpha value is -3.65. The molecule has 0 aliphatic heterocycles. The van der Waals surface area contributed by atoms with Crippen molar-refractivity contribution in [3.63, 3.8) is 0 Å². The van der Waals surface area contributed by atoms with Crippen LogP contribution in [0.4, 0.5) is 5.69 Å². The van der Waals surface area contributed by atoms with Crippen LogP contribution < -0.4 is 4.72 Å². The van der Waals surface area contributed by atoms with E-state index in [1.807, 2.05) is 39.0 Å². The van der Waals surface area contributed by atoms with Crippen molar-refractivity contribution in [2.75, 3.05) is 4.72 Å². The smallest absolute Gasteiger partial charge is 0.336 e. The number of oxazole rings is 1. The van der Waals surface area contributed by atoms with Gasteiger partial charge in [-0.3, -0.25) is 4.72 Å². The molecule has 3 aromatic carbocycles. The van der Waals surface area contributed by atoms with Crippen LogP contribution in [0.25, 0.3) is 22.6 Å². The Balaban J connectivity index is 1.60. The first-order valence-corrected chi connectivity index (χ1v) is 11.5. The molecule has 1 heterocycles. The van der Waals surface area contributed by atoms with Crippen molar-refractivity contribution >= 4 is 32.8 Å². The van der Waals surface area contributed by atoms with Crippen LogP contribution in [-0.2, 0) is 10.0 Å². The fourth-order valence-electron chi connectivity index (χ4n) is 3.45. The number of benzene rings is 3. The topological polar surface area (TPSA) is 110 Å². The summed E-state index contributed by atoms with van der Waals surface area (Å²) in [4.78, 5) is 16.0. The Morgan fingerprint density at radius 2 is 1.75 bits per heavy atom. The molecule has 0 aliphatic rings. The van der Waals surface area contributed by atoms with Crippen LogP contribution in [0.1, 0.15) is 41.3 Å². The van der Waals surface area contributed by atoms with Gasteiger partial charge in [-0.2, -0.15) is 0 Å². The molecule has 0 aliphatic carbocycles. The van der Waals surface area contributed by atoms with Gasteiger partial charge in [0.2, 0.25) is 5.89 Å². The zero-order valence-corrected chi connectivity index (χ0v) is 18.6. The van der Waals surface area contributed by atoms with E-state index in [-0.39, 0.29) is 16.4 Å². The Labute approximate surface area is 185 Å². The van der Waals surface area contributed by atoms with Crippen LogP contribution in [0.15, 0.2) is 70.0 Å². The number of aromatic carboxylic acids is 1. The van der Waals surface area contributed by atoms with Crippen molar-refractivity contribution in [1.29, 1.82) is 0 Å². The summed E-state index contributed by atoms with van der Waals surface area (Å²) in [5.74, 6) is -0.770. The van der Waals surface area contributed by atoms with E-state index in [1.54, 1.807) is 30.3 Å². The molecule has 2 N–H and O–H groups in total. The van der Waals surface area contributed by atoms with E-state index in [1.165, 1.54) is 12.1 Å². The number of sulfonamides is 1. The lowest BCUT2D eigenvalue weighted by Crippen LogP contribution is -2.15. The molecule has 7 nitrogen and oxygen atoms in total. The molecule has 0 radical (unpaired) electrons. The summed E-state index contributed by atoms with van der Waals surface area (Å²) in [5, 5.41) is 9.47. The predicted octanol–water partition coefficient (Wildman–Crippen LogP) is 5.43. The van der Waals surface area contributed by atoms with E-state index in [9.17, 15) is 18.3 Å². The lowest BCUT2D eigenvalue weighted by atomic mass is 9.97. The van der Waals surface area contributed by atoms with Crippen molar-refractivity contribution in [3.8, 4) is 11.5 Å². The quantitative estimate of drug-likeness (QED) is 0.406. The van der Waals surface area contributed by atoms with Crippen LogP contribution in [0.3, 0.4) is 0 Å². The van der Waals surface area contributed by atoms with Crippen LogP contribution in [0.5, 0.6) is 0 Å². The van der Waals surface area contributed by atoms with E-state index < -0.39 is 16.0 Å². The number of aryl methyl sites for hydroxylation is 1. The molecule has 8 heteroatoms. The van der Waals surface area contributed by atoms with Crippen LogP contribution >= 0.6 is 0 Å². The van der Waals surface area contributed by atoms with Gasteiger partial charge in [-0.25, -0.2) is 18.2 Å². The molecule has 0 amide bonds. The van der Waals surface area contributed by atoms with Gasteiger partial charge in [-0.1, -0.05) is 26.0 Å². The fraction of sp³-hybridized carbons (Fsp3) is 0.167. The third-order valence-electron chi connectivity index (χ3n) is 5.11. The predicted molar refractivity (Wildman–Crippen MR) is 122 cm³/mol. The minimum absolute atomic E-state index is 0.0237. The van der Waals surface area contributed by atoms with Crippen LogP contribution in [-0.4, -0.2) is 24.5 Å². The van der Waals surface area contributed by atoms with Crippen molar-refractivity contribution in [2.24, 2.45) is 0 Å². The first kappa shape index (κ1) is 21.6. The number of hydrogen-bond donors (Lipinski definition) is 2. The second-order valence-electron chi connectivity index (χ2n) is 7.88. The number of nitrogens with zero attached hydrogens (tertiary/aromatic N) is 1. The molecule has 4 aromatic rings. The summed E-state index contributed by atoms with van der Waals surface area (Å²) >= 11 is 0. The van der Waals surface area contributed by atoms with E-state index in [2.05, 4.69) is 9.71 Å². The molecular weight excluding hydrogens is 428 g/mol. The van der Waals surface area contributed by atoms with Gasteiger partial charge in [0.15, 0.2) is 5.58 Å². The van der Waals surface area contributed by atoms with Crippen molar-refractivity contribution < 1.29 is 22.7 Å². The summed E-state index contributed by atoms with van der Waals surface area (Å²) in [6.07, 6.45) is 0. The maximum absolute atomic E-state index is 12.8. The molecule has 0 bridgehead atoms. The standard InChI is InChI=1S/C24H22N2O5S/c1-14(2)19-10-9-18(13-20(19)24(27)28)32(29,30)26-17-7-5-16(6-8-17)23-25-21-12-15(3)4-11-22(21)31-23/h4-14,26H,1-3H3,(H,27,28). The van der Waals surface area contributed by atoms with E-state index >= 15 is 0 Å². The highest BCUT2D eigenvalue weighted by Gasteiger charge is 2.20. The third kappa shape index (κ3) is 4.22. The molecule has 0 fully saturated rings. The number of fused-ring (bicyclic) bond motifs is 1. The number of carbonyl (C=O) groups is 1. The lowest BCUT2D eigenvalue weighted by Gasteiger charge is -2.13. The monoisotopic (exact) mass is 450 g/mol. The van der Waals surface area contributed by atoms with Gasteiger partial charge in [0.25, 0.3) is 10.0 Å². The zero-order valence-electron chi connectivity index (χ0n) is 17.8. The van der Waals surface area contributed by atoms with E-state index in [4.69, 9.17) is 4.42 Å². The van der Waals surface area contributed by atoms with E-state index in [0.29, 0.717) is 28.3 Å². The molecule has 0 atom stereocenters. The molecule has 0 saturated heterocycles. The number of aromatic nitrogens is 1. The molecular formula is C24H22N2O5S. The Morgan fingerprint density at radius 3 is 2.41 bits per heavy atom.